The molecule has 0 amide bonds. The molecule has 0 atom stereocenters. The van der Waals surface area contributed by atoms with Crippen LogP contribution >= 0.6 is 0 Å². The predicted octanol–water partition coefficient (Wildman–Crippen LogP) is 3.20. The SMILES string of the molecule is Cc1cc(C(F)(F)F)ccc1-n1ccnc1. The molecule has 0 aliphatic carbocycles. The Labute approximate surface area is 90.4 Å². The third-order valence-corrected chi connectivity index (χ3v) is 2.31. The van der Waals surface area contributed by atoms with Crippen molar-refractivity contribution in [3.63, 3.8) is 0 Å². The minimum absolute atomic E-state index is 0.563. The van der Waals surface area contributed by atoms with E-state index in [0.717, 1.165) is 12.1 Å². The number of hydrogen-bond acceptors (Lipinski definition) is 1. The van der Waals surface area contributed by atoms with Gasteiger partial charge >= 0.3 is 6.18 Å². The van der Waals surface area contributed by atoms with E-state index in [4.69, 9.17) is 0 Å². The van der Waals surface area contributed by atoms with Crippen LogP contribution in [0.4, 0.5) is 13.2 Å². The van der Waals surface area contributed by atoms with Crippen LogP contribution in [0.1, 0.15) is 11.1 Å². The van der Waals surface area contributed by atoms with Crippen molar-refractivity contribution < 1.29 is 13.2 Å². The van der Waals surface area contributed by atoms with Gasteiger partial charge in [-0.3, -0.25) is 0 Å². The molecule has 2 rings (SSSR count). The van der Waals surface area contributed by atoms with Crippen LogP contribution in [0.2, 0.25) is 0 Å². The van der Waals surface area contributed by atoms with E-state index in [1.54, 1.807) is 30.2 Å². The molecular formula is C11H9F3N2. The Hall–Kier alpha value is -1.78. The molecule has 0 bridgehead atoms. The summed E-state index contributed by atoms with van der Waals surface area (Å²) in [4.78, 5) is 3.85. The van der Waals surface area contributed by atoms with Gasteiger partial charge in [-0.25, -0.2) is 4.98 Å². The number of halogens is 3. The molecule has 0 saturated carbocycles. The molecule has 1 aromatic heterocycles. The Morgan fingerprint density at radius 1 is 1.25 bits per heavy atom. The number of alkyl halides is 3. The molecule has 5 heteroatoms. The summed E-state index contributed by atoms with van der Waals surface area (Å²) in [7, 11) is 0. The van der Waals surface area contributed by atoms with Crippen molar-refractivity contribution >= 4 is 0 Å². The van der Waals surface area contributed by atoms with Crippen LogP contribution in [0.5, 0.6) is 0 Å². The third-order valence-electron chi connectivity index (χ3n) is 2.31. The van der Waals surface area contributed by atoms with Crippen molar-refractivity contribution in [1.82, 2.24) is 9.55 Å². The molecule has 16 heavy (non-hydrogen) atoms. The van der Waals surface area contributed by atoms with Gasteiger partial charge in [0.25, 0.3) is 0 Å². The van der Waals surface area contributed by atoms with Crippen LogP contribution in [0, 0.1) is 6.92 Å². The molecule has 0 unspecified atom stereocenters. The lowest BCUT2D eigenvalue weighted by Gasteiger charge is -2.11. The topological polar surface area (TPSA) is 17.8 Å². The first-order valence-corrected chi connectivity index (χ1v) is 4.64. The maximum atomic E-state index is 12.4. The van der Waals surface area contributed by atoms with Crippen LogP contribution in [-0.2, 0) is 6.18 Å². The summed E-state index contributed by atoms with van der Waals surface area (Å²) in [5, 5.41) is 0. The van der Waals surface area contributed by atoms with Crippen LogP contribution in [0.3, 0.4) is 0 Å². The van der Waals surface area contributed by atoms with E-state index in [9.17, 15) is 13.2 Å². The minimum Gasteiger partial charge on any atom is -0.306 e. The van der Waals surface area contributed by atoms with E-state index in [-0.39, 0.29) is 0 Å². The van der Waals surface area contributed by atoms with Crippen molar-refractivity contribution in [2.75, 3.05) is 0 Å². The van der Waals surface area contributed by atoms with Gasteiger partial charge in [0.1, 0.15) is 0 Å². The number of benzene rings is 1. The maximum Gasteiger partial charge on any atom is 0.416 e. The van der Waals surface area contributed by atoms with Crippen LogP contribution in [-0.4, -0.2) is 9.55 Å². The molecule has 0 aliphatic heterocycles. The van der Waals surface area contributed by atoms with Gasteiger partial charge in [0, 0.05) is 18.1 Å². The standard InChI is InChI=1S/C11H9F3N2/c1-8-6-9(11(12,13)14)2-3-10(8)16-5-4-15-7-16/h2-7H,1H3. The third kappa shape index (κ3) is 1.93. The molecule has 1 heterocycles. The molecule has 0 spiro atoms. The molecule has 2 aromatic rings. The highest BCUT2D eigenvalue weighted by Gasteiger charge is 2.30. The van der Waals surface area contributed by atoms with E-state index < -0.39 is 11.7 Å². The number of aromatic nitrogens is 2. The average Bonchev–Trinajstić information content (AvgIpc) is 2.69. The molecule has 0 N–H and O–H groups in total. The van der Waals surface area contributed by atoms with Crippen molar-refractivity contribution in [3.8, 4) is 5.69 Å². The van der Waals surface area contributed by atoms with Crippen LogP contribution in [0.25, 0.3) is 5.69 Å². The van der Waals surface area contributed by atoms with Gasteiger partial charge in [0.15, 0.2) is 0 Å². The summed E-state index contributed by atoms with van der Waals surface area (Å²) in [6.45, 7) is 1.64. The van der Waals surface area contributed by atoms with Crippen molar-refractivity contribution in [2.45, 2.75) is 13.1 Å². The van der Waals surface area contributed by atoms with Gasteiger partial charge in [-0.1, -0.05) is 0 Å². The molecule has 0 saturated heterocycles. The normalized spacial score (nSPS) is 11.8. The molecule has 84 valence electrons. The number of rotatable bonds is 1. The van der Waals surface area contributed by atoms with Crippen molar-refractivity contribution in [2.24, 2.45) is 0 Å². The van der Waals surface area contributed by atoms with E-state index in [1.807, 2.05) is 0 Å². The van der Waals surface area contributed by atoms with Gasteiger partial charge < -0.3 is 4.57 Å². The second-order valence-corrected chi connectivity index (χ2v) is 3.47. The number of nitrogens with zero attached hydrogens (tertiary/aromatic N) is 2. The summed E-state index contributed by atoms with van der Waals surface area (Å²) < 4.78 is 38.9. The monoisotopic (exact) mass is 226 g/mol. The highest BCUT2D eigenvalue weighted by Crippen LogP contribution is 2.31. The van der Waals surface area contributed by atoms with Gasteiger partial charge in [-0.2, -0.15) is 13.2 Å². The zero-order valence-corrected chi connectivity index (χ0v) is 8.49. The molecule has 0 radical (unpaired) electrons. The Morgan fingerprint density at radius 3 is 2.50 bits per heavy atom. The highest BCUT2D eigenvalue weighted by atomic mass is 19.4. The fourth-order valence-electron chi connectivity index (χ4n) is 1.52. The predicted molar refractivity (Wildman–Crippen MR) is 53.3 cm³/mol. The first kappa shape index (κ1) is 10.7. The summed E-state index contributed by atoms with van der Waals surface area (Å²) in [5.41, 5.74) is 0.632. The zero-order chi connectivity index (χ0) is 11.8. The zero-order valence-electron chi connectivity index (χ0n) is 8.49. The van der Waals surface area contributed by atoms with Gasteiger partial charge in [-0.05, 0) is 30.7 Å². The molecular weight excluding hydrogens is 217 g/mol. The molecule has 0 aliphatic rings. The van der Waals surface area contributed by atoms with E-state index in [1.165, 1.54) is 6.07 Å². The van der Waals surface area contributed by atoms with Crippen molar-refractivity contribution in [1.29, 1.82) is 0 Å². The molecule has 1 aromatic carbocycles. The fraction of sp³-hybridized carbons (Fsp3) is 0.182. The maximum absolute atomic E-state index is 12.4. The average molecular weight is 226 g/mol. The Morgan fingerprint density at radius 2 is 2.00 bits per heavy atom. The van der Waals surface area contributed by atoms with Gasteiger partial charge in [0.05, 0.1) is 11.9 Å². The lowest BCUT2D eigenvalue weighted by Crippen LogP contribution is -2.06. The second-order valence-electron chi connectivity index (χ2n) is 3.47. The van der Waals surface area contributed by atoms with Crippen LogP contribution in [0.15, 0.2) is 36.9 Å². The largest absolute Gasteiger partial charge is 0.416 e. The van der Waals surface area contributed by atoms with E-state index >= 15 is 0 Å². The minimum atomic E-state index is -4.29. The lowest BCUT2D eigenvalue weighted by atomic mass is 10.1. The first-order valence-electron chi connectivity index (χ1n) is 4.64. The number of imidazole rings is 1. The van der Waals surface area contributed by atoms with Gasteiger partial charge in [0.2, 0.25) is 0 Å². The van der Waals surface area contributed by atoms with Crippen LogP contribution < -0.4 is 0 Å². The second kappa shape index (κ2) is 3.66. The quantitative estimate of drug-likeness (QED) is 0.730. The summed E-state index contributed by atoms with van der Waals surface area (Å²) in [6.07, 6.45) is 0.528. The summed E-state index contributed by atoms with van der Waals surface area (Å²) in [5.74, 6) is 0. The number of aryl methyl sites for hydroxylation is 1. The molecule has 2 nitrogen and oxygen atoms in total. The van der Waals surface area contributed by atoms with E-state index in [0.29, 0.717) is 11.3 Å². The van der Waals surface area contributed by atoms with E-state index in [2.05, 4.69) is 4.98 Å². The summed E-state index contributed by atoms with van der Waals surface area (Å²) >= 11 is 0. The molecule has 0 fully saturated rings. The smallest absolute Gasteiger partial charge is 0.306 e. The fourth-order valence-corrected chi connectivity index (χ4v) is 1.52. The summed E-state index contributed by atoms with van der Waals surface area (Å²) in [6, 6.07) is 3.65. The Bertz CT molecular complexity index is 486. The van der Waals surface area contributed by atoms with Crippen molar-refractivity contribution in [3.05, 3.63) is 48.0 Å². The van der Waals surface area contributed by atoms with Gasteiger partial charge in [-0.15, -0.1) is 0 Å². The highest BCUT2D eigenvalue weighted by molar-refractivity contribution is 5.43. The first-order chi connectivity index (χ1) is 7.48. The Kier molecular flexibility index (Phi) is 2.46. The number of hydrogen-bond donors (Lipinski definition) is 0. The lowest BCUT2D eigenvalue weighted by molar-refractivity contribution is -0.137. The Balaban J connectivity index is 2.46.